The third-order valence-corrected chi connectivity index (χ3v) is 3.97. The lowest BCUT2D eigenvalue weighted by molar-refractivity contribution is -0.384. The Morgan fingerprint density at radius 1 is 1.27 bits per heavy atom. The maximum Gasteiger partial charge on any atom is 0.278 e. The third-order valence-electron chi connectivity index (χ3n) is 3.97. The minimum absolute atomic E-state index is 0.0504. The number of nitro benzene ring substituents is 1. The number of benzene rings is 2. The molecule has 0 saturated heterocycles. The predicted octanol–water partition coefficient (Wildman–Crippen LogP) is 2.01. The summed E-state index contributed by atoms with van der Waals surface area (Å²) in [5.41, 5.74) is 1.47. The second-order valence-corrected chi connectivity index (χ2v) is 5.57. The molecule has 8 nitrogen and oxygen atoms in total. The Kier molecular flexibility index (Phi) is 4.73. The summed E-state index contributed by atoms with van der Waals surface area (Å²) < 4.78 is 0. The zero-order chi connectivity index (χ0) is 18.7. The van der Waals surface area contributed by atoms with Crippen LogP contribution in [0.2, 0.25) is 0 Å². The molecule has 0 saturated carbocycles. The highest BCUT2D eigenvalue weighted by molar-refractivity contribution is 6.20. The zero-order valence-corrected chi connectivity index (χ0v) is 13.6. The number of nitro groups is 1. The predicted molar refractivity (Wildman–Crippen MR) is 93.8 cm³/mol. The number of anilines is 1. The molecular formula is C18H14N4O4. The number of aliphatic hydroxyl groups is 1. The maximum absolute atomic E-state index is 12.5. The molecule has 0 fully saturated rings. The number of amides is 1. The van der Waals surface area contributed by atoms with Gasteiger partial charge in [0.2, 0.25) is 6.23 Å². The number of nitriles is 1. The molecule has 1 N–H and O–H groups in total. The van der Waals surface area contributed by atoms with Gasteiger partial charge in [-0.1, -0.05) is 30.3 Å². The number of fused-ring (bicyclic) bond motifs is 1. The van der Waals surface area contributed by atoms with E-state index in [4.69, 9.17) is 5.26 Å². The molecule has 2 aromatic rings. The van der Waals surface area contributed by atoms with Gasteiger partial charge in [-0.25, -0.2) is 4.99 Å². The second-order valence-electron chi connectivity index (χ2n) is 5.57. The quantitative estimate of drug-likeness (QED) is 0.668. The van der Waals surface area contributed by atoms with Crippen LogP contribution in [0.3, 0.4) is 0 Å². The Labute approximate surface area is 148 Å². The van der Waals surface area contributed by atoms with Crippen molar-refractivity contribution in [2.24, 2.45) is 4.99 Å². The number of benzodiazepines with no additional fused rings is 1. The van der Waals surface area contributed by atoms with Gasteiger partial charge in [-0.2, -0.15) is 5.26 Å². The molecular weight excluding hydrogens is 336 g/mol. The van der Waals surface area contributed by atoms with E-state index in [0.29, 0.717) is 16.8 Å². The molecule has 3 rings (SSSR count). The van der Waals surface area contributed by atoms with E-state index < -0.39 is 17.1 Å². The molecule has 1 atom stereocenters. The number of nitrogens with zero attached hydrogens (tertiary/aromatic N) is 4. The van der Waals surface area contributed by atoms with Crippen molar-refractivity contribution < 1.29 is 14.8 Å². The fourth-order valence-corrected chi connectivity index (χ4v) is 2.79. The SMILES string of the molecule is N#CCCN1C(=O)C(O)N=C(c2ccccc2)c2cc([N+](=O)[O-])ccc21. The number of carbonyl (C=O) groups is 1. The third kappa shape index (κ3) is 3.16. The fraction of sp³-hybridized carbons (Fsp3) is 0.167. The second kappa shape index (κ2) is 7.13. The number of hydrogen-bond donors (Lipinski definition) is 1. The van der Waals surface area contributed by atoms with Crippen LogP contribution in [0.1, 0.15) is 17.5 Å². The molecule has 1 heterocycles. The van der Waals surface area contributed by atoms with E-state index >= 15 is 0 Å². The van der Waals surface area contributed by atoms with Crippen molar-refractivity contribution in [3.05, 3.63) is 69.8 Å². The number of rotatable bonds is 4. The van der Waals surface area contributed by atoms with E-state index in [1.54, 1.807) is 30.3 Å². The molecule has 0 aromatic heterocycles. The van der Waals surface area contributed by atoms with Gasteiger partial charge in [-0.3, -0.25) is 14.9 Å². The molecule has 0 bridgehead atoms. The topological polar surface area (TPSA) is 120 Å². The fourth-order valence-electron chi connectivity index (χ4n) is 2.79. The number of aliphatic hydroxyl groups excluding tert-OH is 1. The summed E-state index contributed by atoms with van der Waals surface area (Å²) in [6, 6.07) is 14.8. The van der Waals surface area contributed by atoms with Crippen molar-refractivity contribution in [1.29, 1.82) is 5.26 Å². The van der Waals surface area contributed by atoms with Crippen LogP contribution >= 0.6 is 0 Å². The molecule has 1 unspecified atom stereocenters. The minimum atomic E-state index is -1.66. The van der Waals surface area contributed by atoms with Crippen molar-refractivity contribution >= 4 is 23.0 Å². The van der Waals surface area contributed by atoms with Gasteiger partial charge in [0.15, 0.2) is 0 Å². The maximum atomic E-state index is 12.5. The van der Waals surface area contributed by atoms with Gasteiger partial charge in [0.1, 0.15) is 0 Å². The highest BCUT2D eigenvalue weighted by Gasteiger charge is 2.31. The van der Waals surface area contributed by atoms with Crippen molar-refractivity contribution in [2.75, 3.05) is 11.4 Å². The van der Waals surface area contributed by atoms with E-state index in [0.717, 1.165) is 0 Å². The van der Waals surface area contributed by atoms with Crippen molar-refractivity contribution in [1.82, 2.24) is 0 Å². The van der Waals surface area contributed by atoms with Gasteiger partial charge in [-0.15, -0.1) is 0 Å². The molecule has 130 valence electrons. The lowest BCUT2D eigenvalue weighted by Gasteiger charge is -2.22. The number of non-ortho nitro benzene ring substituents is 1. The molecule has 1 amide bonds. The molecule has 0 radical (unpaired) electrons. The van der Waals surface area contributed by atoms with Gasteiger partial charge < -0.3 is 10.0 Å². The summed E-state index contributed by atoms with van der Waals surface area (Å²) >= 11 is 0. The molecule has 8 heteroatoms. The highest BCUT2D eigenvalue weighted by atomic mass is 16.6. The standard InChI is InChI=1S/C18H14N4O4/c19-9-4-10-21-15-8-7-13(22(25)26)11-14(15)16(20-17(23)18(21)24)12-5-2-1-3-6-12/h1-3,5-8,11,17,23H,4,10H2. The largest absolute Gasteiger partial charge is 0.364 e. The van der Waals surface area contributed by atoms with Crippen LogP contribution in [-0.2, 0) is 4.79 Å². The van der Waals surface area contributed by atoms with E-state index in [1.165, 1.54) is 23.1 Å². The summed E-state index contributed by atoms with van der Waals surface area (Å²) in [7, 11) is 0. The molecule has 2 aromatic carbocycles. The van der Waals surface area contributed by atoms with Crippen LogP contribution in [0.25, 0.3) is 0 Å². The van der Waals surface area contributed by atoms with E-state index in [-0.39, 0.29) is 24.4 Å². The van der Waals surface area contributed by atoms with E-state index in [2.05, 4.69) is 4.99 Å². The number of hydrogen-bond acceptors (Lipinski definition) is 6. The van der Waals surface area contributed by atoms with Crippen LogP contribution in [0.4, 0.5) is 11.4 Å². The Bertz CT molecular complexity index is 934. The Balaban J connectivity index is 2.24. The summed E-state index contributed by atoms with van der Waals surface area (Å²) in [5.74, 6) is -0.679. The Morgan fingerprint density at radius 3 is 2.65 bits per heavy atom. The number of aliphatic imine (C=N–C) groups is 1. The summed E-state index contributed by atoms with van der Waals surface area (Å²) in [6.07, 6.45) is -1.61. The van der Waals surface area contributed by atoms with Gasteiger partial charge in [0.25, 0.3) is 11.6 Å². The van der Waals surface area contributed by atoms with E-state index in [9.17, 15) is 20.0 Å². The van der Waals surface area contributed by atoms with Crippen LogP contribution in [-0.4, -0.2) is 34.4 Å². The molecule has 0 aliphatic carbocycles. The summed E-state index contributed by atoms with van der Waals surface area (Å²) in [6.45, 7) is 0.0504. The van der Waals surface area contributed by atoms with Crippen molar-refractivity contribution in [2.45, 2.75) is 12.6 Å². The van der Waals surface area contributed by atoms with Crippen molar-refractivity contribution in [3.8, 4) is 6.07 Å². The molecule has 1 aliphatic heterocycles. The van der Waals surface area contributed by atoms with Gasteiger partial charge >= 0.3 is 0 Å². The normalized spacial score (nSPS) is 16.3. The van der Waals surface area contributed by atoms with Gasteiger partial charge in [0, 0.05) is 29.8 Å². The lowest BCUT2D eigenvalue weighted by atomic mass is 9.99. The first-order valence-corrected chi connectivity index (χ1v) is 7.81. The van der Waals surface area contributed by atoms with Gasteiger partial charge in [-0.05, 0) is 6.07 Å². The summed E-state index contributed by atoms with van der Waals surface area (Å²) in [4.78, 5) is 28.5. The summed E-state index contributed by atoms with van der Waals surface area (Å²) in [5, 5.41) is 30.3. The molecule has 1 aliphatic rings. The van der Waals surface area contributed by atoms with Crippen LogP contribution < -0.4 is 4.90 Å². The Morgan fingerprint density at radius 2 is 2.00 bits per heavy atom. The average Bonchev–Trinajstić information content (AvgIpc) is 2.76. The Hall–Kier alpha value is -3.57. The first kappa shape index (κ1) is 17.3. The molecule has 0 spiro atoms. The van der Waals surface area contributed by atoms with Crippen LogP contribution in [0.15, 0.2) is 53.5 Å². The highest BCUT2D eigenvalue weighted by Crippen LogP contribution is 2.31. The minimum Gasteiger partial charge on any atom is -0.364 e. The van der Waals surface area contributed by atoms with Crippen LogP contribution in [0, 0.1) is 21.4 Å². The first-order chi connectivity index (χ1) is 12.5. The number of carbonyl (C=O) groups excluding carboxylic acids is 1. The van der Waals surface area contributed by atoms with Crippen LogP contribution in [0.5, 0.6) is 0 Å². The van der Waals surface area contributed by atoms with E-state index in [1.807, 2.05) is 6.07 Å². The lowest BCUT2D eigenvalue weighted by Crippen LogP contribution is -2.38. The monoisotopic (exact) mass is 350 g/mol. The average molecular weight is 350 g/mol. The first-order valence-electron chi connectivity index (χ1n) is 7.81. The molecule has 26 heavy (non-hydrogen) atoms. The smallest absolute Gasteiger partial charge is 0.278 e. The zero-order valence-electron chi connectivity index (χ0n) is 13.6. The van der Waals surface area contributed by atoms with Gasteiger partial charge in [0.05, 0.1) is 28.8 Å². The van der Waals surface area contributed by atoms with Crippen molar-refractivity contribution in [3.63, 3.8) is 0 Å².